The molecule has 0 amide bonds. The van der Waals surface area contributed by atoms with E-state index in [-0.39, 0.29) is 0 Å². The van der Waals surface area contributed by atoms with Crippen LogP contribution in [0.15, 0.2) is 72.8 Å². The summed E-state index contributed by atoms with van der Waals surface area (Å²) in [5.74, 6) is 1.59. The molecule has 4 heteroatoms. The number of hydrogen-bond donors (Lipinski definition) is 1. The van der Waals surface area contributed by atoms with Gasteiger partial charge in [0, 0.05) is 24.3 Å². The van der Waals surface area contributed by atoms with Crippen molar-refractivity contribution in [3.8, 4) is 11.4 Å². The average Bonchev–Trinajstić information content (AvgIpc) is 3.19. The van der Waals surface area contributed by atoms with Crippen molar-refractivity contribution < 1.29 is 0 Å². The Morgan fingerprint density at radius 3 is 2.48 bits per heavy atom. The predicted octanol–water partition coefficient (Wildman–Crippen LogP) is 6.34. The van der Waals surface area contributed by atoms with E-state index in [2.05, 4.69) is 52.3 Å². The maximum Gasteiger partial charge on any atom is 0.140 e. The average molecular weight is 402 g/mol. The van der Waals surface area contributed by atoms with Gasteiger partial charge in [0.2, 0.25) is 0 Å². The van der Waals surface area contributed by atoms with Crippen LogP contribution in [0, 0.1) is 5.92 Å². The van der Waals surface area contributed by atoms with Crippen LogP contribution in [0.4, 0.5) is 5.69 Å². The number of rotatable bonds is 4. The molecule has 0 atom stereocenters. The van der Waals surface area contributed by atoms with Gasteiger partial charge < -0.3 is 9.88 Å². The summed E-state index contributed by atoms with van der Waals surface area (Å²) in [6.07, 6.45) is 3.62. The second-order valence-electron chi connectivity index (χ2n) is 7.89. The molecule has 4 aromatic rings. The van der Waals surface area contributed by atoms with Crippen molar-refractivity contribution in [3.05, 3.63) is 83.4 Å². The van der Waals surface area contributed by atoms with E-state index in [4.69, 9.17) is 16.6 Å². The lowest BCUT2D eigenvalue weighted by Gasteiger charge is -2.34. The van der Waals surface area contributed by atoms with Crippen LogP contribution in [-0.4, -0.2) is 23.1 Å². The van der Waals surface area contributed by atoms with E-state index < -0.39 is 0 Å². The Morgan fingerprint density at radius 2 is 1.69 bits per heavy atom. The molecule has 1 aromatic heterocycles. The maximum atomic E-state index is 6.53. The molecule has 1 fully saturated rings. The van der Waals surface area contributed by atoms with Gasteiger partial charge in [0.15, 0.2) is 0 Å². The van der Waals surface area contributed by atoms with Crippen molar-refractivity contribution in [1.82, 2.24) is 9.97 Å². The molecule has 1 aliphatic heterocycles. The molecule has 5 rings (SSSR count). The highest BCUT2D eigenvalue weighted by molar-refractivity contribution is 6.33. The number of fused-ring (bicyclic) bond motifs is 1. The molecule has 0 spiro atoms. The van der Waals surface area contributed by atoms with Crippen LogP contribution in [-0.2, 0) is 6.42 Å². The number of benzene rings is 3. The van der Waals surface area contributed by atoms with Crippen molar-refractivity contribution in [3.63, 3.8) is 0 Å². The highest BCUT2D eigenvalue weighted by atomic mass is 35.5. The van der Waals surface area contributed by atoms with Crippen LogP contribution in [0.5, 0.6) is 0 Å². The van der Waals surface area contributed by atoms with Crippen LogP contribution in [0.1, 0.15) is 18.4 Å². The minimum absolute atomic E-state index is 0.728. The summed E-state index contributed by atoms with van der Waals surface area (Å²) >= 11 is 6.53. The Labute approximate surface area is 176 Å². The van der Waals surface area contributed by atoms with Crippen molar-refractivity contribution >= 4 is 28.3 Å². The molecule has 0 bridgehead atoms. The number of anilines is 1. The third-order valence-corrected chi connectivity index (χ3v) is 6.27. The lowest BCUT2D eigenvalue weighted by molar-refractivity contribution is 0.404. The first-order chi connectivity index (χ1) is 14.3. The Kier molecular flexibility index (Phi) is 4.99. The van der Waals surface area contributed by atoms with Gasteiger partial charge in [-0.2, -0.15) is 0 Å². The minimum Gasteiger partial charge on any atom is -0.371 e. The van der Waals surface area contributed by atoms with Crippen LogP contribution in [0.25, 0.3) is 22.4 Å². The van der Waals surface area contributed by atoms with E-state index in [1.54, 1.807) is 0 Å². The number of aromatic amines is 1. The highest BCUT2D eigenvalue weighted by Crippen LogP contribution is 2.33. The molecule has 3 nitrogen and oxygen atoms in total. The lowest BCUT2D eigenvalue weighted by atomic mass is 9.90. The number of imidazole rings is 1. The van der Waals surface area contributed by atoms with Crippen LogP contribution < -0.4 is 4.90 Å². The number of piperidine rings is 1. The van der Waals surface area contributed by atoms with E-state index in [0.717, 1.165) is 46.5 Å². The molecule has 0 unspecified atom stereocenters. The fourth-order valence-electron chi connectivity index (χ4n) is 4.31. The zero-order valence-corrected chi connectivity index (χ0v) is 17.1. The first-order valence-corrected chi connectivity index (χ1v) is 10.7. The van der Waals surface area contributed by atoms with Crippen LogP contribution in [0.2, 0.25) is 5.02 Å². The first kappa shape index (κ1) is 18.3. The molecular formula is C25H24ClN3. The van der Waals surface area contributed by atoms with Gasteiger partial charge in [-0.05, 0) is 61.1 Å². The minimum atomic E-state index is 0.728. The first-order valence-electron chi connectivity index (χ1n) is 10.3. The Morgan fingerprint density at radius 1 is 0.931 bits per heavy atom. The molecular weight excluding hydrogens is 378 g/mol. The molecule has 0 saturated carbocycles. The Bertz CT molecular complexity index is 1080. The monoisotopic (exact) mass is 401 g/mol. The fraction of sp³-hybridized carbons (Fsp3) is 0.240. The normalized spacial score (nSPS) is 15.1. The van der Waals surface area contributed by atoms with Crippen LogP contribution in [0.3, 0.4) is 0 Å². The van der Waals surface area contributed by atoms with E-state index in [9.17, 15) is 0 Å². The van der Waals surface area contributed by atoms with Gasteiger partial charge in [-0.1, -0.05) is 54.1 Å². The zero-order valence-electron chi connectivity index (χ0n) is 16.3. The number of halogens is 1. The van der Waals surface area contributed by atoms with Crippen molar-refractivity contribution in [1.29, 1.82) is 0 Å². The van der Waals surface area contributed by atoms with Gasteiger partial charge in [-0.15, -0.1) is 0 Å². The molecule has 29 heavy (non-hydrogen) atoms. The van der Waals surface area contributed by atoms with E-state index in [0.29, 0.717) is 0 Å². The van der Waals surface area contributed by atoms with Gasteiger partial charge in [0.05, 0.1) is 16.1 Å². The van der Waals surface area contributed by atoms with Crippen LogP contribution >= 0.6 is 11.6 Å². The number of nitrogens with zero attached hydrogens (tertiary/aromatic N) is 2. The van der Waals surface area contributed by atoms with Gasteiger partial charge >= 0.3 is 0 Å². The number of aromatic nitrogens is 2. The molecule has 146 valence electrons. The second-order valence-corrected chi connectivity index (χ2v) is 8.29. The summed E-state index contributed by atoms with van der Waals surface area (Å²) in [6.45, 7) is 2.16. The third kappa shape index (κ3) is 3.88. The number of nitrogens with one attached hydrogen (secondary N) is 1. The van der Waals surface area contributed by atoms with Gasteiger partial charge in [-0.3, -0.25) is 0 Å². The van der Waals surface area contributed by atoms with Gasteiger partial charge in [-0.25, -0.2) is 4.98 Å². The van der Waals surface area contributed by atoms with E-state index in [1.165, 1.54) is 30.5 Å². The van der Waals surface area contributed by atoms with Crippen molar-refractivity contribution in [2.75, 3.05) is 18.0 Å². The molecule has 3 aromatic carbocycles. The number of para-hydroxylation sites is 2. The summed E-state index contributed by atoms with van der Waals surface area (Å²) in [7, 11) is 0. The Balaban J connectivity index is 1.33. The number of hydrogen-bond acceptors (Lipinski definition) is 2. The third-order valence-electron chi connectivity index (χ3n) is 5.94. The molecule has 1 N–H and O–H groups in total. The maximum absolute atomic E-state index is 6.53. The van der Waals surface area contributed by atoms with E-state index in [1.807, 2.05) is 30.3 Å². The quantitative estimate of drug-likeness (QED) is 0.432. The van der Waals surface area contributed by atoms with Crippen molar-refractivity contribution in [2.24, 2.45) is 5.92 Å². The summed E-state index contributed by atoms with van der Waals surface area (Å²) in [6, 6.07) is 25.2. The highest BCUT2D eigenvalue weighted by Gasteiger charge is 2.21. The molecule has 0 radical (unpaired) electrons. The topological polar surface area (TPSA) is 31.9 Å². The largest absolute Gasteiger partial charge is 0.371 e. The fourth-order valence-corrected chi connectivity index (χ4v) is 4.52. The molecule has 1 saturated heterocycles. The molecule has 0 aliphatic carbocycles. The Hall–Kier alpha value is -2.78. The second kappa shape index (κ2) is 7.92. The summed E-state index contributed by atoms with van der Waals surface area (Å²) in [5, 5.41) is 0.728. The van der Waals surface area contributed by atoms with Gasteiger partial charge in [0.1, 0.15) is 5.82 Å². The van der Waals surface area contributed by atoms with Gasteiger partial charge in [0.25, 0.3) is 0 Å². The summed E-state index contributed by atoms with van der Waals surface area (Å²) in [4.78, 5) is 10.6. The number of H-pyrrole nitrogens is 1. The standard InChI is InChI=1S/C25H24ClN3/c26-22-11-10-20(17-21(22)25-27-23-8-4-5-9-24(23)28-25)29-14-12-19(13-15-29)16-18-6-2-1-3-7-18/h1-11,17,19H,12-16H2,(H,27,28). The summed E-state index contributed by atoms with van der Waals surface area (Å²) in [5.41, 5.74) is 5.63. The molecule has 1 aliphatic rings. The lowest BCUT2D eigenvalue weighted by Crippen LogP contribution is -2.34. The van der Waals surface area contributed by atoms with Crippen molar-refractivity contribution in [2.45, 2.75) is 19.3 Å². The molecule has 2 heterocycles. The van der Waals surface area contributed by atoms with E-state index >= 15 is 0 Å². The zero-order chi connectivity index (χ0) is 19.6. The SMILES string of the molecule is Clc1ccc(N2CCC(Cc3ccccc3)CC2)cc1-c1nc2ccccc2[nH]1. The smallest absolute Gasteiger partial charge is 0.140 e. The summed E-state index contributed by atoms with van der Waals surface area (Å²) < 4.78 is 0. The predicted molar refractivity (Wildman–Crippen MR) is 122 cm³/mol.